The van der Waals surface area contributed by atoms with Crippen molar-refractivity contribution >= 4 is 24.1 Å². The molecule has 0 aromatic heterocycles. The van der Waals surface area contributed by atoms with Gasteiger partial charge in [0.15, 0.2) is 6.10 Å². The summed E-state index contributed by atoms with van der Waals surface area (Å²) in [5.74, 6) is -2.40. The second-order valence-electron chi connectivity index (χ2n) is 5.08. The van der Waals surface area contributed by atoms with Gasteiger partial charge in [-0.05, 0) is 17.7 Å². The van der Waals surface area contributed by atoms with Crippen LogP contribution >= 0.6 is 12.4 Å². The number of nitrogens with one attached hydrogen (secondary N) is 2. The number of rotatable bonds is 6. The van der Waals surface area contributed by atoms with Crippen molar-refractivity contribution in [3.8, 4) is 0 Å². The van der Waals surface area contributed by atoms with Gasteiger partial charge in [-0.1, -0.05) is 30.3 Å². The third kappa shape index (κ3) is 4.98. The highest BCUT2D eigenvalue weighted by Gasteiger charge is 2.26. The lowest BCUT2D eigenvalue weighted by Crippen LogP contribution is -2.31. The minimum atomic E-state index is -1.39. The third-order valence-electron chi connectivity index (χ3n) is 3.47. The normalized spacial score (nSPS) is 11.3. The van der Waals surface area contributed by atoms with E-state index in [1.54, 1.807) is 24.3 Å². The van der Waals surface area contributed by atoms with E-state index in [1.807, 2.05) is 0 Å². The van der Waals surface area contributed by atoms with Crippen LogP contribution in [0.25, 0.3) is 0 Å². The Hall–Kier alpha value is -2.51. The lowest BCUT2D eigenvalue weighted by Gasteiger charge is -2.17. The van der Waals surface area contributed by atoms with Crippen molar-refractivity contribution in [3.63, 3.8) is 0 Å². The molecule has 4 N–H and O–H groups in total. The van der Waals surface area contributed by atoms with Gasteiger partial charge in [0.05, 0.1) is 5.56 Å². The van der Waals surface area contributed by atoms with E-state index < -0.39 is 29.2 Å². The van der Waals surface area contributed by atoms with Crippen LogP contribution in [0.15, 0.2) is 42.5 Å². The van der Waals surface area contributed by atoms with Gasteiger partial charge >= 0.3 is 0 Å². The van der Waals surface area contributed by atoms with E-state index >= 15 is 0 Å². The first-order chi connectivity index (χ1) is 11.4. The van der Waals surface area contributed by atoms with Crippen LogP contribution < -0.4 is 11.1 Å². The molecule has 2 aromatic carbocycles. The van der Waals surface area contributed by atoms with Gasteiger partial charge in [-0.3, -0.25) is 10.2 Å². The van der Waals surface area contributed by atoms with Crippen LogP contribution in [0.3, 0.4) is 0 Å². The van der Waals surface area contributed by atoms with Crippen molar-refractivity contribution in [2.75, 3.05) is 7.11 Å². The Kier molecular flexibility index (Phi) is 7.47. The molecule has 0 bridgehead atoms. The highest BCUT2D eigenvalue weighted by Crippen LogP contribution is 2.23. The predicted octanol–water partition coefficient (Wildman–Crippen LogP) is 2.67. The molecule has 0 heterocycles. The first kappa shape index (κ1) is 20.5. The maximum absolute atomic E-state index is 13.8. The van der Waals surface area contributed by atoms with Gasteiger partial charge in [0, 0.05) is 19.2 Å². The standard InChI is InChI=1S/C17H17F2N3O2.ClH/c1-24-15(14-12(18)3-2-4-13(14)19)17(23)22-9-10-5-7-11(8-6-10)16(20)21;/h2-8,15H,9H2,1H3,(H3,20,21)(H,22,23);1H/t15-;/m0./s1. The topological polar surface area (TPSA) is 88.2 Å². The number of halogens is 3. The second-order valence-corrected chi connectivity index (χ2v) is 5.08. The number of carbonyl (C=O) groups is 1. The molecule has 0 radical (unpaired) electrons. The lowest BCUT2D eigenvalue weighted by molar-refractivity contribution is -0.131. The van der Waals surface area contributed by atoms with Crippen LogP contribution in [0, 0.1) is 17.0 Å². The van der Waals surface area contributed by atoms with Crippen molar-refractivity contribution in [1.82, 2.24) is 5.32 Å². The zero-order valence-corrected chi connectivity index (χ0v) is 14.2. The molecule has 25 heavy (non-hydrogen) atoms. The Balaban J connectivity index is 0.00000312. The number of methoxy groups -OCH3 is 1. The summed E-state index contributed by atoms with van der Waals surface area (Å²) < 4.78 is 32.6. The molecule has 0 spiro atoms. The molecular formula is C17H18ClF2N3O2. The average molecular weight is 370 g/mol. The Labute approximate surface area is 150 Å². The zero-order chi connectivity index (χ0) is 17.7. The number of hydrogen-bond donors (Lipinski definition) is 3. The second kappa shape index (κ2) is 9.10. The fourth-order valence-electron chi connectivity index (χ4n) is 2.20. The van der Waals surface area contributed by atoms with E-state index in [-0.39, 0.29) is 24.8 Å². The van der Waals surface area contributed by atoms with E-state index in [0.717, 1.165) is 17.7 Å². The van der Waals surface area contributed by atoms with Gasteiger partial charge in [-0.2, -0.15) is 0 Å². The Morgan fingerprint density at radius 2 is 1.76 bits per heavy atom. The highest BCUT2D eigenvalue weighted by atomic mass is 35.5. The first-order valence-electron chi connectivity index (χ1n) is 7.11. The molecule has 0 aliphatic rings. The van der Waals surface area contributed by atoms with Crippen LogP contribution in [0.1, 0.15) is 22.8 Å². The van der Waals surface area contributed by atoms with Crippen molar-refractivity contribution in [2.45, 2.75) is 12.6 Å². The largest absolute Gasteiger partial charge is 0.384 e. The molecule has 5 nitrogen and oxygen atoms in total. The maximum Gasteiger partial charge on any atom is 0.254 e. The van der Waals surface area contributed by atoms with Crippen LogP contribution in [0.2, 0.25) is 0 Å². The predicted molar refractivity (Wildman–Crippen MR) is 92.7 cm³/mol. The molecular weight excluding hydrogens is 352 g/mol. The highest BCUT2D eigenvalue weighted by molar-refractivity contribution is 5.94. The number of nitrogens with two attached hydrogens (primary N) is 1. The number of ether oxygens (including phenoxy) is 1. The molecule has 1 atom stereocenters. The number of hydrogen-bond acceptors (Lipinski definition) is 3. The maximum atomic E-state index is 13.8. The number of carbonyl (C=O) groups excluding carboxylic acids is 1. The molecule has 134 valence electrons. The van der Waals surface area contributed by atoms with Gasteiger partial charge < -0.3 is 15.8 Å². The van der Waals surface area contributed by atoms with Gasteiger partial charge in [-0.15, -0.1) is 12.4 Å². The van der Waals surface area contributed by atoms with Crippen LogP contribution in [0.5, 0.6) is 0 Å². The van der Waals surface area contributed by atoms with Gasteiger partial charge in [0.2, 0.25) is 0 Å². The minimum absolute atomic E-state index is 0. The SMILES string of the molecule is CO[C@H](C(=O)NCc1ccc(C(=N)N)cc1)c1c(F)cccc1F.Cl. The summed E-state index contributed by atoms with van der Waals surface area (Å²) in [6, 6.07) is 10.0. The first-order valence-corrected chi connectivity index (χ1v) is 7.11. The third-order valence-corrected chi connectivity index (χ3v) is 3.47. The van der Waals surface area contributed by atoms with E-state index in [2.05, 4.69) is 5.32 Å². The van der Waals surface area contributed by atoms with Crippen molar-refractivity contribution in [3.05, 3.63) is 70.8 Å². The van der Waals surface area contributed by atoms with Crippen molar-refractivity contribution in [2.24, 2.45) is 5.73 Å². The van der Waals surface area contributed by atoms with E-state index in [0.29, 0.717) is 5.56 Å². The number of amides is 1. The molecule has 1 amide bonds. The summed E-state index contributed by atoms with van der Waals surface area (Å²) in [4.78, 5) is 12.2. The average Bonchev–Trinajstić information content (AvgIpc) is 2.56. The van der Waals surface area contributed by atoms with E-state index in [4.69, 9.17) is 15.9 Å². The molecule has 0 fully saturated rings. The van der Waals surface area contributed by atoms with Crippen LogP contribution in [-0.4, -0.2) is 18.9 Å². The molecule has 2 aromatic rings. The Morgan fingerprint density at radius 1 is 1.20 bits per heavy atom. The molecule has 0 saturated heterocycles. The van der Waals surface area contributed by atoms with Gasteiger partial charge in [0.25, 0.3) is 5.91 Å². The van der Waals surface area contributed by atoms with Crippen molar-refractivity contribution in [1.29, 1.82) is 5.41 Å². The minimum Gasteiger partial charge on any atom is -0.384 e. The summed E-state index contributed by atoms with van der Waals surface area (Å²) in [6.07, 6.45) is -1.39. The summed E-state index contributed by atoms with van der Waals surface area (Å²) >= 11 is 0. The molecule has 8 heteroatoms. The van der Waals surface area contributed by atoms with Gasteiger partial charge in [-0.25, -0.2) is 8.78 Å². The fourth-order valence-corrected chi connectivity index (χ4v) is 2.20. The number of nitrogen functional groups attached to an aromatic ring is 1. The molecule has 0 aliphatic carbocycles. The fraction of sp³-hybridized carbons (Fsp3) is 0.176. The van der Waals surface area contributed by atoms with Crippen LogP contribution in [0.4, 0.5) is 8.78 Å². The van der Waals surface area contributed by atoms with Crippen LogP contribution in [-0.2, 0) is 16.1 Å². The monoisotopic (exact) mass is 369 g/mol. The Morgan fingerprint density at radius 3 is 2.24 bits per heavy atom. The van der Waals surface area contributed by atoms with E-state index in [1.165, 1.54) is 13.2 Å². The summed E-state index contributed by atoms with van der Waals surface area (Å²) in [6.45, 7) is 0.146. The molecule has 2 rings (SSSR count). The summed E-state index contributed by atoms with van der Waals surface area (Å²) in [5, 5.41) is 9.88. The Bertz CT molecular complexity index is 734. The smallest absolute Gasteiger partial charge is 0.254 e. The summed E-state index contributed by atoms with van der Waals surface area (Å²) in [5.41, 5.74) is 6.25. The number of amidine groups is 1. The summed E-state index contributed by atoms with van der Waals surface area (Å²) in [7, 11) is 1.21. The molecule has 0 aliphatic heterocycles. The molecule has 0 unspecified atom stereocenters. The quantitative estimate of drug-likeness (QED) is 0.540. The number of benzene rings is 2. The molecule has 0 saturated carbocycles. The van der Waals surface area contributed by atoms with E-state index in [9.17, 15) is 13.6 Å². The van der Waals surface area contributed by atoms with Gasteiger partial charge in [0.1, 0.15) is 17.5 Å². The zero-order valence-electron chi connectivity index (χ0n) is 13.4. The van der Waals surface area contributed by atoms with Crippen molar-refractivity contribution < 1.29 is 18.3 Å². The lowest BCUT2D eigenvalue weighted by atomic mass is 10.1.